The fourth-order valence-electron chi connectivity index (χ4n) is 1.40. The van der Waals surface area contributed by atoms with Gasteiger partial charge < -0.3 is 5.32 Å². The van der Waals surface area contributed by atoms with Crippen molar-refractivity contribution >= 4 is 39.3 Å². The molecule has 7 heteroatoms. The molecule has 1 heterocycles. The second kappa shape index (κ2) is 5.32. The molecule has 1 atom stereocenters. The van der Waals surface area contributed by atoms with E-state index in [9.17, 15) is 13.6 Å². The first kappa shape index (κ1) is 12.8. The zero-order chi connectivity index (χ0) is 12.4. The van der Waals surface area contributed by atoms with Gasteiger partial charge in [-0.15, -0.1) is 11.8 Å². The quantitative estimate of drug-likeness (QED) is 0.821. The number of hydrogen-bond donors (Lipinski definition) is 2. The summed E-state index contributed by atoms with van der Waals surface area (Å²) in [5.74, 6) is -0.315. The van der Waals surface area contributed by atoms with E-state index in [2.05, 4.69) is 26.6 Å². The van der Waals surface area contributed by atoms with E-state index < -0.39 is 11.6 Å². The van der Waals surface area contributed by atoms with Gasteiger partial charge in [0.05, 0.1) is 16.2 Å². The summed E-state index contributed by atoms with van der Waals surface area (Å²) in [5.41, 5.74) is -0.144. The van der Waals surface area contributed by atoms with Gasteiger partial charge in [-0.3, -0.25) is 10.1 Å². The lowest BCUT2D eigenvalue weighted by Gasteiger charge is -2.11. The number of anilines is 1. The van der Waals surface area contributed by atoms with Crippen LogP contribution in [0.15, 0.2) is 16.6 Å². The molecule has 1 saturated heterocycles. The lowest BCUT2D eigenvalue weighted by Crippen LogP contribution is -2.37. The Hall–Kier alpha value is -0.660. The van der Waals surface area contributed by atoms with Crippen LogP contribution in [0.4, 0.5) is 14.5 Å². The van der Waals surface area contributed by atoms with Crippen molar-refractivity contribution in [2.24, 2.45) is 0 Å². The molecule has 1 fully saturated rings. The van der Waals surface area contributed by atoms with Gasteiger partial charge in [0.1, 0.15) is 11.6 Å². The van der Waals surface area contributed by atoms with Gasteiger partial charge in [-0.05, 0) is 22.0 Å². The Balaban J connectivity index is 2.12. The number of thioether (sulfide) groups is 1. The summed E-state index contributed by atoms with van der Waals surface area (Å²) in [7, 11) is 0. The monoisotopic (exact) mass is 322 g/mol. The average Bonchev–Trinajstić information content (AvgIpc) is 2.79. The Morgan fingerprint density at radius 3 is 2.88 bits per heavy atom. The van der Waals surface area contributed by atoms with Gasteiger partial charge in [0.15, 0.2) is 0 Å². The Morgan fingerprint density at radius 1 is 1.47 bits per heavy atom. The van der Waals surface area contributed by atoms with E-state index in [4.69, 9.17) is 0 Å². The number of benzene rings is 1. The molecule has 0 aliphatic carbocycles. The van der Waals surface area contributed by atoms with E-state index in [-0.39, 0.29) is 22.1 Å². The van der Waals surface area contributed by atoms with E-state index in [1.807, 2.05) is 0 Å². The number of rotatable bonds is 2. The highest BCUT2D eigenvalue weighted by atomic mass is 79.9. The third-order valence-corrected chi connectivity index (χ3v) is 3.85. The molecule has 2 N–H and O–H groups in total. The summed E-state index contributed by atoms with van der Waals surface area (Å²) in [6, 6.07) is 1.59. The van der Waals surface area contributed by atoms with Crippen LogP contribution in [0.1, 0.15) is 0 Å². The highest BCUT2D eigenvalue weighted by molar-refractivity contribution is 9.10. The van der Waals surface area contributed by atoms with Crippen molar-refractivity contribution < 1.29 is 13.6 Å². The first-order valence-corrected chi connectivity index (χ1v) is 6.79. The maximum absolute atomic E-state index is 13.4. The molecular formula is C10H9BrF2N2OS. The molecule has 1 amide bonds. The normalized spacial score (nSPS) is 19.4. The predicted octanol–water partition coefficient (Wildman–Crippen LogP) is 2.33. The summed E-state index contributed by atoms with van der Waals surface area (Å²) in [4.78, 5) is 11.7. The van der Waals surface area contributed by atoms with Crippen molar-refractivity contribution in [2.75, 3.05) is 16.9 Å². The van der Waals surface area contributed by atoms with Crippen LogP contribution in [0.25, 0.3) is 0 Å². The van der Waals surface area contributed by atoms with Crippen LogP contribution in [0, 0.1) is 11.6 Å². The Kier molecular flexibility index (Phi) is 4.01. The highest BCUT2D eigenvalue weighted by Gasteiger charge is 2.23. The van der Waals surface area contributed by atoms with Gasteiger partial charge in [0.25, 0.3) is 0 Å². The second-order valence-corrected chi connectivity index (χ2v) is 5.39. The molecule has 3 nitrogen and oxygen atoms in total. The number of carbonyl (C=O) groups excluding carboxylic acids is 1. The third-order valence-electron chi connectivity index (χ3n) is 2.30. The van der Waals surface area contributed by atoms with Gasteiger partial charge in [-0.2, -0.15) is 0 Å². The largest absolute Gasteiger partial charge is 0.322 e. The van der Waals surface area contributed by atoms with E-state index in [0.29, 0.717) is 11.6 Å². The summed E-state index contributed by atoms with van der Waals surface area (Å²) in [6.45, 7) is 0. The topological polar surface area (TPSA) is 41.1 Å². The first-order valence-electron chi connectivity index (χ1n) is 4.84. The van der Waals surface area contributed by atoms with Crippen LogP contribution < -0.4 is 10.6 Å². The lowest BCUT2D eigenvalue weighted by molar-refractivity contribution is -0.117. The van der Waals surface area contributed by atoms with Crippen molar-refractivity contribution in [2.45, 2.75) is 6.04 Å². The number of amides is 1. The average molecular weight is 323 g/mol. The van der Waals surface area contributed by atoms with E-state index in [0.717, 1.165) is 12.1 Å². The van der Waals surface area contributed by atoms with Crippen molar-refractivity contribution in [3.05, 3.63) is 28.2 Å². The first-order chi connectivity index (χ1) is 8.08. The Morgan fingerprint density at radius 2 is 2.24 bits per heavy atom. The molecule has 0 radical (unpaired) electrons. The molecule has 1 aliphatic rings. The van der Waals surface area contributed by atoms with Gasteiger partial charge in [0, 0.05) is 17.7 Å². The molecule has 2 rings (SSSR count). The SMILES string of the molecule is O=C(Nc1cc(F)c(Br)cc1F)C1CSCN1. The molecule has 1 aromatic carbocycles. The molecular weight excluding hydrogens is 314 g/mol. The molecule has 92 valence electrons. The number of nitrogens with one attached hydrogen (secondary N) is 2. The highest BCUT2D eigenvalue weighted by Crippen LogP contribution is 2.23. The minimum absolute atomic E-state index is 0.0301. The zero-order valence-electron chi connectivity index (χ0n) is 8.60. The van der Waals surface area contributed by atoms with Crippen LogP contribution in [-0.2, 0) is 4.79 Å². The van der Waals surface area contributed by atoms with E-state index in [1.54, 1.807) is 11.8 Å². The fraction of sp³-hybridized carbons (Fsp3) is 0.300. The van der Waals surface area contributed by atoms with Crippen molar-refractivity contribution in [1.29, 1.82) is 0 Å². The maximum atomic E-state index is 13.4. The summed E-state index contributed by atoms with van der Waals surface area (Å²) >= 11 is 4.45. The minimum Gasteiger partial charge on any atom is -0.322 e. The van der Waals surface area contributed by atoms with E-state index in [1.165, 1.54) is 0 Å². The number of carbonyl (C=O) groups is 1. The maximum Gasteiger partial charge on any atom is 0.242 e. The van der Waals surface area contributed by atoms with Crippen molar-refractivity contribution in [3.8, 4) is 0 Å². The lowest BCUT2D eigenvalue weighted by atomic mass is 10.2. The van der Waals surface area contributed by atoms with Crippen LogP contribution in [0.3, 0.4) is 0 Å². The molecule has 0 aromatic heterocycles. The third kappa shape index (κ3) is 2.97. The molecule has 1 unspecified atom stereocenters. The summed E-state index contributed by atoms with van der Waals surface area (Å²) in [6.07, 6.45) is 0. The molecule has 1 aliphatic heterocycles. The molecule has 0 saturated carbocycles. The molecule has 0 bridgehead atoms. The Bertz CT molecular complexity index is 452. The van der Waals surface area contributed by atoms with Crippen molar-refractivity contribution in [3.63, 3.8) is 0 Å². The standard InChI is InChI=1S/C10H9BrF2N2OS/c11-5-1-7(13)8(2-6(5)12)15-10(16)9-3-17-4-14-9/h1-2,9,14H,3-4H2,(H,15,16). The Labute approximate surface area is 109 Å². The molecule has 17 heavy (non-hydrogen) atoms. The van der Waals surface area contributed by atoms with Crippen molar-refractivity contribution in [1.82, 2.24) is 5.32 Å². The van der Waals surface area contributed by atoms with E-state index >= 15 is 0 Å². The number of hydrogen-bond acceptors (Lipinski definition) is 3. The van der Waals surface area contributed by atoms with Crippen LogP contribution in [-0.4, -0.2) is 23.6 Å². The van der Waals surface area contributed by atoms with Gasteiger partial charge in [-0.1, -0.05) is 0 Å². The van der Waals surface area contributed by atoms with Crippen LogP contribution >= 0.6 is 27.7 Å². The smallest absolute Gasteiger partial charge is 0.242 e. The predicted molar refractivity (Wildman–Crippen MR) is 66.9 cm³/mol. The summed E-state index contributed by atoms with van der Waals surface area (Å²) in [5, 5.41) is 5.32. The van der Waals surface area contributed by atoms with Gasteiger partial charge in [-0.25, -0.2) is 8.78 Å². The fourth-order valence-corrected chi connectivity index (χ4v) is 2.66. The molecule has 1 aromatic rings. The summed E-state index contributed by atoms with van der Waals surface area (Å²) < 4.78 is 26.7. The zero-order valence-corrected chi connectivity index (χ0v) is 11.0. The second-order valence-electron chi connectivity index (χ2n) is 3.51. The number of halogens is 3. The van der Waals surface area contributed by atoms with Gasteiger partial charge in [0.2, 0.25) is 5.91 Å². The van der Waals surface area contributed by atoms with Crippen LogP contribution in [0.5, 0.6) is 0 Å². The van der Waals surface area contributed by atoms with Gasteiger partial charge >= 0.3 is 0 Å². The molecule has 0 spiro atoms. The minimum atomic E-state index is -0.669. The van der Waals surface area contributed by atoms with Crippen LogP contribution in [0.2, 0.25) is 0 Å².